The third-order valence-corrected chi connectivity index (χ3v) is 6.64. The number of hydrogen-bond acceptors (Lipinski definition) is 5. The van der Waals surface area contributed by atoms with Gasteiger partial charge in [0.15, 0.2) is 5.78 Å². The van der Waals surface area contributed by atoms with Gasteiger partial charge < -0.3 is 14.8 Å². The summed E-state index contributed by atoms with van der Waals surface area (Å²) in [5, 5.41) is 3.99. The van der Waals surface area contributed by atoms with Crippen molar-refractivity contribution in [3.05, 3.63) is 87.2 Å². The van der Waals surface area contributed by atoms with Crippen molar-refractivity contribution in [2.75, 3.05) is 13.7 Å². The Labute approximate surface area is 205 Å². The maximum Gasteiger partial charge on any atom is 0.336 e. The first kappa shape index (κ1) is 24.1. The molecule has 178 valence electrons. The maximum absolute atomic E-state index is 13.6. The van der Waals surface area contributed by atoms with Gasteiger partial charge in [-0.05, 0) is 60.6 Å². The van der Waals surface area contributed by atoms with E-state index in [0.717, 1.165) is 28.3 Å². The number of dihydropyridines is 1. The highest BCUT2D eigenvalue weighted by Gasteiger charge is 2.41. The Bertz CT molecular complexity index is 1150. The van der Waals surface area contributed by atoms with Gasteiger partial charge in [-0.25, -0.2) is 4.79 Å². The molecule has 0 unspecified atom stereocenters. The fraction of sp³-hybridized carbons (Fsp3) is 0.357. The molecule has 2 aliphatic rings. The molecule has 6 heteroatoms. The van der Waals surface area contributed by atoms with Gasteiger partial charge in [0.05, 0.1) is 19.3 Å². The summed E-state index contributed by atoms with van der Waals surface area (Å²) in [6, 6.07) is 15.2. The van der Waals surface area contributed by atoms with Crippen LogP contribution in [0.25, 0.3) is 0 Å². The lowest BCUT2D eigenvalue weighted by atomic mass is 9.72. The van der Waals surface area contributed by atoms with Crippen molar-refractivity contribution in [1.29, 1.82) is 0 Å². The minimum Gasteiger partial charge on any atom is -0.497 e. The van der Waals surface area contributed by atoms with Gasteiger partial charge in [-0.2, -0.15) is 0 Å². The van der Waals surface area contributed by atoms with E-state index in [1.54, 1.807) is 19.2 Å². The van der Waals surface area contributed by atoms with E-state index >= 15 is 0 Å². The summed E-state index contributed by atoms with van der Waals surface area (Å²) in [4.78, 5) is 26.8. The predicted molar refractivity (Wildman–Crippen MR) is 133 cm³/mol. The molecule has 0 aromatic heterocycles. The Hall–Kier alpha value is -3.05. The number of carbonyl (C=O) groups is 2. The molecule has 1 aliphatic carbocycles. The summed E-state index contributed by atoms with van der Waals surface area (Å²) in [5.41, 5.74) is 4.66. The molecular formula is C28H30ClNO4. The fourth-order valence-electron chi connectivity index (χ4n) is 4.73. The number of methoxy groups -OCH3 is 1. The van der Waals surface area contributed by atoms with Gasteiger partial charge in [-0.15, -0.1) is 0 Å². The van der Waals surface area contributed by atoms with Crippen LogP contribution in [0.3, 0.4) is 0 Å². The minimum atomic E-state index is -0.488. The van der Waals surface area contributed by atoms with Crippen LogP contribution in [0.5, 0.6) is 5.75 Å². The average molecular weight is 480 g/mol. The van der Waals surface area contributed by atoms with Crippen molar-refractivity contribution in [3.63, 3.8) is 0 Å². The molecule has 4 rings (SSSR count). The van der Waals surface area contributed by atoms with Gasteiger partial charge in [-0.3, -0.25) is 4.79 Å². The molecule has 2 aromatic carbocycles. The number of rotatable bonds is 6. The Balaban J connectivity index is 1.73. The lowest BCUT2D eigenvalue weighted by Gasteiger charge is -2.36. The average Bonchev–Trinajstić information content (AvgIpc) is 2.82. The summed E-state index contributed by atoms with van der Waals surface area (Å²) in [7, 11) is 1.64. The third-order valence-electron chi connectivity index (χ3n) is 6.39. The molecule has 34 heavy (non-hydrogen) atoms. The number of carbonyl (C=O) groups excluding carboxylic acids is 2. The van der Waals surface area contributed by atoms with Gasteiger partial charge in [0.2, 0.25) is 0 Å². The second kappa shape index (κ2) is 10.1. The number of allylic oxidation sites excluding steroid dienone is 3. The minimum absolute atomic E-state index is 0.0381. The molecule has 0 saturated carbocycles. The van der Waals surface area contributed by atoms with E-state index in [-0.39, 0.29) is 17.6 Å². The molecule has 0 fully saturated rings. The van der Waals surface area contributed by atoms with Crippen molar-refractivity contribution in [2.24, 2.45) is 5.92 Å². The van der Waals surface area contributed by atoms with Crippen LogP contribution < -0.4 is 10.1 Å². The zero-order valence-electron chi connectivity index (χ0n) is 20.0. The van der Waals surface area contributed by atoms with E-state index in [0.29, 0.717) is 35.6 Å². The maximum atomic E-state index is 13.6. The molecule has 1 heterocycles. The van der Waals surface area contributed by atoms with E-state index in [1.807, 2.05) is 57.2 Å². The first-order valence-corrected chi connectivity index (χ1v) is 12.0. The zero-order chi connectivity index (χ0) is 24.4. The van der Waals surface area contributed by atoms with Gasteiger partial charge in [0.25, 0.3) is 0 Å². The second-order valence-corrected chi connectivity index (χ2v) is 9.77. The summed E-state index contributed by atoms with van der Waals surface area (Å²) < 4.78 is 10.9. The fourth-order valence-corrected chi connectivity index (χ4v) is 4.86. The number of hydrogen-bond donors (Lipinski definition) is 1. The van der Waals surface area contributed by atoms with Crippen LogP contribution in [0, 0.1) is 5.92 Å². The van der Waals surface area contributed by atoms with Crippen molar-refractivity contribution in [3.8, 4) is 5.75 Å². The molecule has 2 aromatic rings. The molecule has 0 amide bonds. The topological polar surface area (TPSA) is 64.6 Å². The smallest absolute Gasteiger partial charge is 0.336 e. The SMILES string of the molecule is COc1ccc([C@@H]2CC(=O)C3=C(C2)NC(C)=C(C(=O)OCC(C)C)[C@@H]3c2ccc(Cl)cc2)cc1. The number of ether oxygens (including phenoxy) is 2. The van der Waals surface area contributed by atoms with Gasteiger partial charge in [0.1, 0.15) is 5.75 Å². The third kappa shape index (κ3) is 4.90. The van der Waals surface area contributed by atoms with E-state index in [9.17, 15) is 9.59 Å². The number of ketones is 1. The summed E-state index contributed by atoms with van der Waals surface area (Å²) in [5.74, 6) is 0.209. The molecule has 0 spiro atoms. The summed E-state index contributed by atoms with van der Waals surface area (Å²) in [6.45, 7) is 6.19. The predicted octanol–water partition coefficient (Wildman–Crippen LogP) is 5.91. The van der Waals surface area contributed by atoms with Crippen molar-refractivity contribution >= 4 is 23.4 Å². The van der Waals surface area contributed by atoms with Crippen LogP contribution in [0.4, 0.5) is 0 Å². The van der Waals surface area contributed by atoms with Gasteiger partial charge in [0, 0.05) is 34.3 Å². The van der Waals surface area contributed by atoms with E-state index in [1.165, 1.54) is 0 Å². The van der Waals surface area contributed by atoms with Gasteiger partial charge >= 0.3 is 5.97 Å². The molecule has 0 radical (unpaired) electrons. The van der Waals surface area contributed by atoms with Crippen LogP contribution in [0.15, 0.2) is 71.1 Å². The summed E-state index contributed by atoms with van der Waals surface area (Å²) in [6.07, 6.45) is 1.06. The highest BCUT2D eigenvalue weighted by atomic mass is 35.5. The summed E-state index contributed by atoms with van der Waals surface area (Å²) >= 11 is 6.13. The molecule has 0 saturated heterocycles. The quantitative estimate of drug-likeness (QED) is 0.522. The number of esters is 1. The van der Waals surface area contributed by atoms with Crippen molar-refractivity contribution in [1.82, 2.24) is 5.32 Å². The number of halogens is 1. The standard InChI is InChI=1S/C28H30ClNO4/c1-16(2)15-34-28(32)25-17(3)30-23-13-20(18-7-11-22(33-4)12-8-18)14-24(31)27(23)26(25)19-5-9-21(29)10-6-19/h5-12,16,20,26,30H,13-15H2,1-4H3/t20-,26-/m0/s1. The highest BCUT2D eigenvalue weighted by molar-refractivity contribution is 6.30. The molecule has 2 atom stereocenters. The van der Waals surface area contributed by atoms with E-state index < -0.39 is 11.9 Å². The Morgan fingerprint density at radius 3 is 2.32 bits per heavy atom. The van der Waals surface area contributed by atoms with Gasteiger partial charge in [-0.1, -0.05) is 49.7 Å². The molecular weight excluding hydrogens is 450 g/mol. The van der Waals surface area contributed by atoms with Crippen LogP contribution in [-0.2, 0) is 14.3 Å². The van der Waals surface area contributed by atoms with E-state index in [2.05, 4.69) is 5.32 Å². The molecule has 1 N–H and O–H groups in total. The van der Waals surface area contributed by atoms with Crippen molar-refractivity contribution < 1.29 is 19.1 Å². The van der Waals surface area contributed by atoms with E-state index in [4.69, 9.17) is 21.1 Å². The lowest BCUT2D eigenvalue weighted by Crippen LogP contribution is -2.36. The monoisotopic (exact) mass is 479 g/mol. The molecule has 1 aliphatic heterocycles. The van der Waals surface area contributed by atoms with Crippen LogP contribution in [0.1, 0.15) is 56.6 Å². The highest BCUT2D eigenvalue weighted by Crippen LogP contribution is 2.46. The van der Waals surface area contributed by atoms with Crippen molar-refractivity contribution in [2.45, 2.75) is 45.4 Å². The largest absolute Gasteiger partial charge is 0.497 e. The lowest BCUT2D eigenvalue weighted by molar-refractivity contribution is -0.140. The molecule has 5 nitrogen and oxygen atoms in total. The zero-order valence-corrected chi connectivity index (χ0v) is 20.7. The Morgan fingerprint density at radius 2 is 1.71 bits per heavy atom. The number of benzene rings is 2. The normalized spacial score (nSPS) is 20.2. The first-order valence-electron chi connectivity index (χ1n) is 11.6. The van der Waals surface area contributed by atoms with Crippen LogP contribution in [0.2, 0.25) is 5.02 Å². The Morgan fingerprint density at radius 1 is 1.06 bits per heavy atom. The van der Waals surface area contributed by atoms with Crippen LogP contribution in [-0.4, -0.2) is 25.5 Å². The molecule has 0 bridgehead atoms. The number of nitrogens with one attached hydrogen (secondary N) is 1. The first-order chi connectivity index (χ1) is 16.3. The second-order valence-electron chi connectivity index (χ2n) is 9.33. The van der Waals surface area contributed by atoms with Crippen LogP contribution >= 0.6 is 11.6 Å². The Kier molecular flexibility index (Phi) is 7.13. The number of Topliss-reactive ketones (excluding diaryl/α,β-unsaturated/α-hetero) is 1.